The molecule has 1 saturated heterocycles. The minimum Gasteiger partial charge on any atom is -0.489 e. The van der Waals surface area contributed by atoms with Crippen molar-refractivity contribution in [2.24, 2.45) is 0 Å². The normalized spacial score (nSPS) is 20.7. The van der Waals surface area contributed by atoms with E-state index in [1.54, 1.807) is 30.3 Å². The number of pyridine rings is 1. The van der Waals surface area contributed by atoms with Gasteiger partial charge < -0.3 is 24.6 Å². The highest BCUT2D eigenvalue weighted by molar-refractivity contribution is 5.96. The summed E-state index contributed by atoms with van der Waals surface area (Å²) >= 11 is 0. The van der Waals surface area contributed by atoms with Crippen molar-refractivity contribution in [2.75, 3.05) is 44.7 Å². The number of nitrogens with one attached hydrogen (secondary N) is 1. The maximum absolute atomic E-state index is 13.1. The molecule has 8 heteroatoms. The van der Waals surface area contributed by atoms with Gasteiger partial charge in [-0.15, -0.1) is 0 Å². The van der Waals surface area contributed by atoms with Crippen LogP contribution in [-0.2, 0) is 4.79 Å². The number of amides is 2. The molecule has 8 nitrogen and oxygen atoms in total. The summed E-state index contributed by atoms with van der Waals surface area (Å²) < 4.78 is 11.8. The molecule has 1 fully saturated rings. The van der Waals surface area contributed by atoms with E-state index < -0.39 is 5.54 Å². The van der Waals surface area contributed by atoms with Crippen LogP contribution in [0.2, 0.25) is 0 Å². The summed E-state index contributed by atoms with van der Waals surface area (Å²) in [4.78, 5) is 32.4. The van der Waals surface area contributed by atoms with Crippen LogP contribution in [0.15, 0.2) is 42.7 Å². The molecule has 2 aliphatic rings. The Labute approximate surface area is 182 Å². The van der Waals surface area contributed by atoms with Gasteiger partial charge in [-0.2, -0.15) is 0 Å². The third-order valence-electron chi connectivity index (χ3n) is 5.63. The van der Waals surface area contributed by atoms with E-state index in [1.165, 1.54) is 0 Å². The summed E-state index contributed by atoms with van der Waals surface area (Å²) in [7, 11) is 0. The fourth-order valence-corrected chi connectivity index (χ4v) is 3.86. The van der Waals surface area contributed by atoms with Crippen molar-refractivity contribution in [3.63, 3.8) is 0 Å². The summed E-state index contributed by atoms with van der Waals surface area (Å²) in [5.41, 5.74) is 0.924. The first-order valence-corrected chi connectivity index (χ1v) is 10.6. The first-order valence-electron chi connectivity index (χ1n) is 10.6. The number of hydrogen-bond acceptors (Lipinski definition) is 6. The van der Waals surface area contributed by atoms with Gasteiger partial charge in [0.05, 0.1) is 11.9 Å². The van der Waals surface area contributed by atoms with E-state index in [0.717, 1.165) is 12.1 Å². The Bertz CT molecular complexity index is 952. The summed E-state index contributed by atoms with van der Waals surface area (Å²) in [6.45, 7) is 6.86. The highest BCUT2D eigenvalue weighted by atomic mass is 16.5. The van der Waals surface area contributed by atoms with Crippen LogP contribution in [0.1, 0.15) is 30.6 Å². The number of hydrogen-bond donors (Lipinski definition) is 1. The van der Waals surface area contributed by atoms with Crippen molar-refractivity contribution >= 4 is 17.5 Å². The van der Waals surface area contributed by atoms with Gasteiger partial charge >= 0.3 is 0 Å². The summed E-state index contributed by atoms with van der Waals surface area (Å²) in [6, 6.07) is 9.15. The van der Waals surface area contributed by atoms with Crippen LogP contribution in [0.3, 0.4) is 0 Å². The molecular formula is C23H28N4O4. The number of ether oxygens (including phenoxy) is 2. The lowest BCUT2D eigenvalue weighted by Crippen LogP contribution is -2.49. The lowest BCUT2D eigenvalue weighted by atomic mass is 10.0. The number of carbonyl (C=O) groups is 2. The largest absolute Gasteiger partial charge is 0.489 e. The molecule has 1 unspecified atom stereocenters. The van der Waals surface area contributed by atoms with E-state index in [4.69, 9.17) is 9.47 Å². The quantitative estimate of drug-likeness (QED) is 0.812. The van der Waals surface area contributed by atoms with E-state index >= 15 is 0 Å². The highest BCUT2D eigenvalue weighted by Gasteiger charge is 2.32. The second kappa shape index (κ2) is 8.83. The first-order chi connectivity index (χ1) is 14.9. The zero-order chi connectivity index (χ0) is 21.8. The van der Waals surface area contributed by atoms with Gasteiger partial charge in [0.25, 0.3) is 5.91 Å². The Morgan fingerprint density at radius 1 is 1.19 bits per heavy atom. The average molecular weight is 425 g/mol. The molecule has 2 aromatic rings. The van der Waals surface area contributed by atoms with Crippen molar-refractivity contribution in [2.45, 2.75) is 25.8 Å². The topological polar surface area (TPSA) is 84.0 Å². The number of benzene rings is 1. The Morgan fingerprint density at radius 3 is 2.77 bits per heavy atom. The number of fused-ring (bicyclic) bond motifs is 1. The van der Waals surface area contributed by atoms with E-state index in [9.17, 15) is 9.59 Å². The Hall–Kier alpha value is -3.29. The molecule has 1 aromatic carbocycles. The van der Waals surface area contributed by atoms with Crippen LogP contribution in [-0.4, -0.2) is 71.5 Å². The summed E-state index contributed by atoms with van der Waals surface area (Å²) in [6.07, 6.45) is 4.15. The van der Waals surface area contributed by atoms with Crippen molar-refractivity contribution < 1.29 is 19.1 Å². The molecule has 0 spiro atoms. The second-order valence-corrected chi connectivity index (χ2v) is 8.31. The molecular weight excluding hydrogens is 396 g/mol. The number of anilines is 1. The minimum absolute atomic E-state index is 0.0334. The Kier molecular flexibility index (Phi) is 5.97. The minimum atomic E-state index is -0.449. The third-order valence-corrected chi connectivity index (χ3v) is 5.63. The van der Waals surface area contributed by atoms with E-state index in [2.05, 4.69) is 10.3 Å². The molecule has 0 saturated carbocycles. The Morgan fingerprint density at radius 2 is 2.00 bits per heavy atom. The number of rotatable bonds is 4. The molecule has 0 bridgehead atoms. The third kappa shape index (κ3) is 4.90. The SMILES string of the molecule is CC(=O)N1CCCN(C(=O)c2ccc3c(c2)NC(C)(COc2cccnc2)CO3)CC1. The molecule has 31 heavy (non-hydrogen) atoms. The molecule has 4 rings (SSSR count). The monoisotopic (exact) mass is 424 g/mol. The fourth-order valence-electron chi connectivity index (χ4n) is 3.86. The second-order valence-electron chi connectivity index (χ2n) is 8.31. The molecule has 0 radical (unpaired) electrons. The highest BCUT2D eigenvalue weighted by Crippen LogP contribution is 2.34. The molecule has 3 heterocycles. The van der Waals surface area contributed by atoms with Crippen LogP contribution in [0.5, 0.6) is 11.5 Å². The standard InChI is InChI=1S/C23H28N4O4/c1-17(28)26-9-4-10-27(12-11-26)22(29)18-6-7-21-20(13-18)25-23(2,16-31-21)15-30-19-5-3-8-24-14-19/h3,5-8,13-14,25H,4,9-12,15-16H2,1-2H3. The van der Waals surface area contributed by atoms with Gasteiger partial charge in [0.15, 0.2) is 0 Å². The maximum atomic E-state index is 13.1. The molecule has 0 aliphatic carbocycles. The van der Waals surface area contributed by atoms with Crippen LogP contribution in [0.25, 0.3) is 0 Å². The van der Waals surface area contributed by atoms with Crippen LogP contribution >= 0.6 is 0 Å². The molecule has 2 amide bonds. The smallest absolute Gasteiger partial charge is 0.253 e. The molecule has 164 valence electrons. The van der Waals surface area contributed by atoms with Crippen molar-refractivity contribution in [1.82, 2.24) is 14.8 Å². The van der Waals surface area contributed by atoms with Crippen molar-refractivity contribution in [3.05, 3.63) is 48.3 Å². The van der Waals surface area contributed by atoms with Crippen LogP contribution in [0, 0.1) is 0 Å². The summed E-state index contributed by atoms with van der Waals surface area (Å²) in [5, 5.41) is 3.48. The lowest BCUT2D eigenvalue weighted by Gasteiger charge is -2.36. The lowest BCUT2D eigenvalue weighted by molar-refractivity contribution is -0.128. The molecule has 1 atom stereocenters. The fraction of sp³-hybridized carbons (Fsp3) is 0.435. The average Bonchev–Trinajstić information content (AvgIpc) is 3.04. The predicted molar refractivity (Wildman–Crippen MR) is 116 cm³/mol. The van der Waals surface area contributed by atoms with E-state index in [-0.39, 0.29) is 11.8 Å². The van der Waals surface area contributed by atoms with Gasteiger partial charge in [0.1, 0.15) is 30.3 Å². The van der Waals surface area contributed by atoms with Crippen LogP contribution in [0.4, 0.5) is 5.69 Å². The van der Waals surface area contributed by atoms with Crippen LogP contribution < -0.4 is 14.8 Å². The number of nitrogens with zero attached hydrogens (tertiary/aromatic N) is 3. The Balaban J connectivity index is 1.44. The van der Waals surface area contributed by atoms with Crippen molar-refractivity contribution in [1.29, 1.82) is 0 Å². The van der Waals surface area contributed by atoms with E-state index in [0.29, 0.717) is 56.5 Å². The van der Waals surface area contributed by atoms with Gasteiger partial charge in [0.2, 0.25) is 5.91 Å². The molecule has 1 aromatic heterocycles. The number of aromatic nitrogens is 1. The zero-order valence-corrected chi connectivity index (χ0v) is 18.0. The number of carbonyl (C=O) groups excluding carboxylic acids is 2. The molecule has 2 aliphatic heterocycles. The van der Waals surface area contributed by atoms with Gasteiger partial charge in [-0.05, 0) is 43.7 Å². The van der Waals surface area contributed by atoms with E-state index in [1.807, 2.05) is 36.1 Å². The van der Waals surface area contributed by atoms with Gasteiger partial charge in [0, 0.05) is 44.9 Å². The predicted octanol–water partition coefficient (Wildman–Crippen LogP) is 2.42. The van der Waals surface area contributed by atoms with Crippen molar-refractivity contribution in [3.8, 4) is 11.5 Å². The summed E-state index contributed by atoms with van der Waals surface area (Å²) in [5.74, 6) is 1.43. The van der Waals surface area contributed by atoms with Gasteiger partial charge in [-0.1, -0.05) is 0 Å². The first kappa shape index (κ1) is 21.0. The van der Waals surface area contributed by atoms with Gasteiger partial charge in [-0.25, -0.2) is 0 Å². The molecule has 1 N–H and O–H groups in total. The zero-order valence-electron chi connectivity index (χ0n) is 18.0. The maximum Gasteiger partial charge on any atom is 0.253 e. The van der Waals surface area contributed by atoms with Gasteiger partial charge in [-0.3, -0.25) is 14.6 Å².